The van der Waals surface area contributed by atoms with Gasteiger partial charge in [-0.05, 0) is 13.3 Å². The van der Waals surface area contributed by atoms with Crippen molar-refractivity contribution in [1.29, 1.82) is 5.53 Å². The van der Waals surface area contributed by atoms with E-state index in [0.717, 1.165) is 17.8 Å². The molecule has 14 heavy (non-hydrogen) atoms. The minimum absolute atomic E-state index is 0.135. The molecule has 0 aliphatic rings. The Hall–Kier alpha value is -1.37. The van der Waals surface area contributed by atoms with Crippen LogP contribution in [-0.4, -0.2) is 22.3 Å². The van der Waals surface area contributed by atoms with Crippen molar-refractivity contribution in [3.8, 4) is 0 Å². The van der Waals surface area contributed by atoms with E-state index < -0.39 is 5.97 Å². The van der Waals surface area contributed by atoms with E-state index in [2.05, 4.69) is 15.3 Å². The molecule has 7 heteroatoms. The number of carbonyl (C=O) groups is 1. The Morgan fingerprint density at radius 3 is 2.93 bits per heavy atom. The second kappa shape index (κ2) is 4.75. The second-order valence-electron chi connectivity index (χ2n) is 2.63. The number of carbonyl (C=O) groups excluding carboxylic acids is 1. The maximum absolute atomic E-state index is 11.3. The largest absolute Gasteiger partial charge is 0.457 e. The van der Waals surface area contributed by atoms with Crippen LogP contribution in [0.15, 0.2) is 5.11 Å². The van der Waals surface area contributed by atoms with Gasteiger partial charge in [-0.1, -0.05) is 18.3 Å². The predicted octanol–water partition coefficient (Wildman–Crippen LogP) is 2.16. The standard InChI is InChI=1S/C7H10N4O2S/c1-3-4(2)13-6(12)5-10-11-7(9-8)14-5/h4,8H,3H2,1-2H3. The molecule has 76 valence electrons. The summed E-state index contributed by atoms with van der Waals surface area (Å²) in [5.41, 5.74) is 6.66. The van der Waals surface area contributed by atoms with Crippen LogP contribution in [0.1, 0.15) is 30.1 Å². The van der Waals surface area contributed by atoms with Crippen molar-refractivity contribution in [2.45, 2.75) is 26.4 Å². The molecule has 0 fully saturated rings. The SMILES string of the molecule is CCC(C)OC(=O)c1nnc(N=N)s1. The lowest BCUT2D eigenvalue weighted by Crippen LogP contribution is -2.13. The summed E-state index contributed by atoms with van der Waals surface area (Å²) in [5.74, 6) is -0.508. The van der Waals surface area contributed by atoms with Gasteiger partial charge in [0, 0.05) is 0 Å². The van der Waals surface area contributed by atoms with Crippen molar-refractivity contribution in [3.05, 3.63) is 5.01 Å². The summed E-state index contributed by atoms with van der Waals surface area (Å²) in [4.78, 5) is 11.3. The van der Waals surface area contributed by atoms with E-state index in [0.29, 0.717) is 0 Å². The van der Waals surface area contributed by atoms with Crippen LogP contribution in [0.3, 0.4) is 0 Å². The highest BCUT2D eigenvalue weighted by Crippen LogP contribution is 2.19. The minimum atomic E-state index is -0.508. The van der Waals surface area contributed by atoms with Gasteiger partial charge < -0.3 is 4.74 Å². The fraction of sp³-hybridized carbons (Fsp3) is 0.571. The molecule has 1 N–H and O–H groups in total. The minimum Gasteiger partial charge on any atom is -0.457 e. The molecule has 0 amide bonds. The average molecular weight is 214 g/mol. The number of esters is 1. The first-order chi connectivity index (χ1) is 6.67. The fourth-order valence-corrected chi connectivity index (χ4v) is 1.17. The fourth-order valence-electron chi connectivity index (χ4n) is 0.660. The predicted molar refractivity (Wildman–Crippen MR) is 49.9 cm³/mol. The van der Waals surface area contributed by atoms with E-state index in [4.69, 9.17) is 10.3 Å². The molecule has 6 nitrogen and oxygen atoms in total. The van der Waals surface area contributed by atoms with E-state index >= 15 is 0 Å². The maximum Gasteiger partial charge on any atom is 0.369 e. The summed E-state index contributed by atoms with van der Waals surface area (Å²) in [7, 11) is 0. The number of aromatic nitrogens is 2. The number of rotatable bonds is 4. The summed E-state index contributed by atoms with van der Waals surface area (Å²) in [5, 5.41) is 10.4. The summed E-state index contributed by atoms with van der Waals surface area (Å²) >= 11 is 0.943. The molecule has 1 heterocycles. The number of hydrogen-bond acceptors (Lipinski definition) is 7. The van der Waals surface area contributed by atoms with Crippen LogP contribution in [0.4, 0.5) is 5.13 Å². The Bertz CT molecular complexity index is 338. The van der Waals surface area contributed by atoms with Gasteiger partial charge in [-0.3, -0.25) is 0 Å². The van der Waals surface area contributed by atoms with Crippen molar-refractivity contribution in [1.82, 2.24) is 10.2 Å². The first-order valence-electron chi connectivity index (χ1n) is 4.09. The molecule has 0 spiro atoms. The number of nitrogens with one attached hydrogen (secondary N) is 1. The van der Waals surface area contributed by atoms with Crippen molar-refractivity contribution < 1.29 is 9.53 Å². The van der Waals surface area contributed by atoms with Gasteiger partial charge in [0.15, 0.2) is 0 Å². The third-order valence-corrected chi connectivity index (χ3v) is 2.36. The summed E-state index contributed by atoms with van der Waals surface area (Å²) in [6.45, 7) is 3.72. The molecule has 0 bridgehead atoms. The van der Waals surface area contributed by atoms with Crippen LogP contribution in [0.5, 0.6) is 0 Å². The van der Waals surface area contributed by atoms with Gasteiger partial charge in [-0.25, -0.2) is 10.3 Å². The van der Waals surface area contributed by atoms with E-state index in [-0.39, 0.29) is 16.2 Å². The zero-order valence-corrected chi connectivity index (χ0v) is 8.67. The topological polar surface area (TPSA) is 88.3 Å². The van der Waals surface area contributed by atoms with Crippen LogP contribution in [0.25, 0.3) is 0 Å². The highest BCUT2D eigenvalue weighted by molar-refractivity contribution is 7.16. The van der Waals surface area contributed by atoms with E-state index in [9.17, 15) is 4.79 Å². The molecule has 1 atom stereocenters. The molecule has 0 saturated carbocycles. The Balaban J connectivity index is 2.64. The molecule has 1 aromatic rings. The average Bonchev–Trinajstić information content (AvgIpc) is 2.65. The number of hydrogen-bond donors (Lipinski definition) is 1. The van der Waals surface area contributed by atoms with Crippen molar-refractivity contribution in [2.24, 2.45) is 5.11 Å². The van der Waals surface area contributed by atoms with Gasteiger partial charge in [0.2, 0.25) is 5.01 Å². The van der Waals surface area contributed by atoms with Gasteiger partial charge >= 0.3 is 5.97 Å². The normalized spacial score (nSPS) is 12.1. The molecule has 0 aromatic carbocycles. The zero-order chi connectivity index (χ0) is 10.6. The van der Waals surface area contributed by atoms with Crippen LogP contribution in [0.2, 0.25) is 0 Å². The lowest BCUT2D eigenvalue weighted by atomic mass is 10.3. The lowest BCUT2D eigenvalue weighted by molar-refractivity contribution is 0.0333. The molecular weight excluding hydrogens is 204 g/mol. The van der Waals surface area contributed by atoms with Gasteiger partial charge in [0.1, 0.15) is 0 Å². The molecular formula is C7H10N4O2S. The van der Waals surface area contributed by atoms with Gasteiger partial charge in [0.25, 0.3) is 5.13 Å². The van der Waals surface area contributed by atoms with Gasteiger partial charge in [-0.15, -0.1) is 15.3 Å². The molecule has 0 saturated heterocycles. The second-order valence-corrected chi connectivity index (χ2v) is 3.58. The third-order valence-electron chi connectivity index (χ3n) is 1.57. The van der Waals surface area contributed by atoms with Crippen molar-refractivity contribution in [3.63, 3.8) is 0 Å². The maximum atomic E-state index is 11.3. The molecule has 0 aliphatic carbocycles. The Kier molecular flexibility index (Phi) is 3.63. The van der Waals surface area contributed by atoms with E-state index in [1.54, 1.807) is 6.92 Å². The Labute approximate surface area is 84.8 Å². The molecule has 0 radical (unpaired) electrons. The van der Waals surface area contributed by atoms with Crippen LogP contribution in [0, 0.1) is 5.53 Å². The molecule has 1 rings (SSSR count). The summed E-state index contributed by atoms with van der Waals surface area (Å²) < 4.78 is 5.01. The molecule has 1 unspecified atom stereocenters. The highest BCUT2D eigenvalue weighted by atomic mass is 32.1. The van der Waals surface area contributed by atoms with Gasteiger partial charge in [-0.2, -0.15) is 0 Å². The first kappa shape index (κ1) is 10.7. The Morgan fingerprint density at radius 1 is 1.71 bits per heavy atom. The van der Waals surface area contributed by atoms with Crippen molar-refractivity contribution >= 4 is 22.4 Å². The quantitative estimate of drug-likeness (QED) is 0.614. The number of ether oxygens (including phenoxy) is 1. The van der Waals surface area contributed by atoms with E-state index in [1.165, 1.54) is 0 Å². The summed E-state index contributed by atoms with van der Waals surface area (Å²) in [6.07, 6.45) is 0.614. The molecule has 0 aliphatic heterocycles. The zero-order valence-electron chi connectivity index (χ0n) is 7.85. The summed E-state index contributed by atoms with van der Waals surface area (Å²) in [6, 6.07) is 0. The Morgan fingerprint density at radius 2 is 2.43 bits per heavy atom. The monoisotopic (exact) mass is 214 g/mol. The first-order valence-corrected chi connectivity index (χ1v) is 4.91. The highest BCUT2D eigenvalue weighted by Gasteiger charge is 2.16. The smallest absolute Gasteiger partial charge is 0.369 e. The number of nitrogens with zero attached hydrogens (tertiary/aromatic N) is 3. The molecule has 1 aromatic heterocycles. The lowest BCUT2D eigenvalue weighted by Gasteiger charge is -2.07. The van der Waals surface area contributed by atoms with Gasteiger partial charge in [0.05, 0.1) is 6.10 Å². The third kappa shape index (κ3) is 2.56. The van der Waals surface area contributed by atoms with Crippen LogP contribution >= 0.6 is 11.3 Å². The van der Waals surface area contributed by atoms with E-state index in [1.807, 2.05) is 6.92 Å². The van der Waals surface area contributed by atoms with Crippen molar-refractivity contribution in [2.75, 3.05) is 0 Å². The van der Waals surface area contributed by atoms with Crippen LogP contribution in [-0.2, 0) is 4.74 Å². The van der Waals surface area contributed by atoms with Crippen LogP contribution < -0.4 is 0 Å².